The van der Waals surface area contributed by atoms with Gasteiger partial charge in [0.1, 0.15) is 5.69 Å². The molecule has 2 rings (SSSR count). The van der Waals surface area contributed by atoms with E-state index in [0.717, 1.165) is 16.9 Å². The molecule has 21 heavy (non-hydrogen) atoms. The molecular formula is C14H16N6O. The Morgan fingerprint density at radius 3 is 2.67 bits per heavy atom. The number of carbonyl (C=O) groups is 1. The fraction of sp³-hybridized carbons (Fsp3) is 0.143. The second-order valence-corrected chi connectivity index (χ2v) is 4.47. The number of anilines is 1. The number of amidine groups is 1. The van der Waals surface area contributed by atoms with Crippen molar-refractivity contribution in [3.8, 4) is 0 Å². The summed E-state index contributed by atoms with van der Waals surface area (Å²) in [5.41, 5.74) is 10.4. The minimum atomic E-state index is -0.751. The van der Waals surface area contributed by atoms with Gasteiger partial charge in [0.2, 0.25) is 0 Å². The molecule has 0 atom stereocenters. The van der Waals surface area contributed by atoms with Gasteiger partial charge in [0.25, 0.3) is 0 Å². The third kappa shape index (κ3) is 4.27. The van der Waals surface area contributed by atoms with Crippen LogP contribution in [-0.4, -0.2) is 21.8 Å². The van der Waals surface area contributed by atoms with Crippen LogP contribution in [0.15, 0.2) is 41.8 Å². The fourth-order valence-corrected chi connectivity index (χ4v) is 1.63. The highest BCUT2D eigenvalue weighted by molar-refractivity contribution is 6.07. The van der Waals surface area contributed by atoms with Gasteiger partial charge in [-0.05, 0) is 31.5 Å². The first kappa shape index (κ1) is 14.4. The maximum Gasteiger partial charge on any atom is 0.332 e. The minimum Gasteiger partial charge on any atom is -0.350 e. The smallest absolute Gasteiger partial charge is 0.332 e. The van der Waals surface area contributed by atoms with Crippen LogP contribution >= 0.6 is 0 Å². The van der Waals surface area contributed by atoms with Crippen molar-refractivity contribution in [2.75, 3.05) is 5.32 Å². The van der Waals surface area contributed by atoms with Gasteiger partial charge in [-0.15, -0.1) is 0 Å². The zero-order chi connectivity index (χ0) is 15.2. The number of hydrogen-bond acceptors (Lipinski definition) is 4. The Kier molecular flexibility index (Phi) is 4.45. The molecule has 1 aromatic carbocycles. The highest BCUT2D eigenvalue weighted by Gasteiger charge is 2.07. The quantitative estimate of drug-likeness (QED) is 0.451. The van der Waals surface area contributed by atoms with Crippen molar-refractivity contribution < 1.29 is 4.79 Å². The number of aromatic nitrogens is 2. The minimum absolute atomic E-state index is 0.354. The van der Waals surface area contributed by atoms with Crippen molar-refractivity contribution >= 4 is 17.6 Å². The van der Waals surface area contributed by atoms with Crippen LogP contribution in [0.1, 0.15) is 17.0 Å². The number of primary amides is 1. The third-order valence-corrected chi connectivity index (χ3v) is 2.58. The maximum absolute atomic E-state index is 10.8. The lowest BCUT2D eigenvalue weighted by atomic mass is 10.2. The molecular weight excluding hydrogens is 268 g/mol. The summed E-state index contributed by atoms with van der Waals surface area (Å²) in [6.07, 6.45) is 3.19. The van der Waals surface area contributed by atoms with Gasteiger partial charge in [0, 0.05) is 11.9 Å². The number of nitrogens with two attached hydrogens (primary N) is 1. The number of amides is 2. The Morgan fingerprint density at radius 2 is 2.05 bits per heavy atom. The summed E-state index contributed by atoms with van der Waals surface area (Å²) in [6, 6.07) is 6.97. The van der Waals surface area contributed by atoms with E-state index in [9.17, 15) is 4.79 Å². The van der Waals surface area contributed by atoms with Crippen LogP contribution in [0, 0.1) is 13.8 Å². The van der Waals surface area contributed by atoms with Crippen LogP contribution in [-0.2, 0) is 0 Å². The van der Waals surface area contributed by atoms with Gasteiger partial charge >= 0.3 is 6.03 Å². The molecule has 0 aliphatic rings. The van der Waals surface area contributed by atoms with E-state index in [2.05, 4.69) is 25.8 Å². The lowest BCUT2D eigenvalue weighted by molar-refractivity contribution is 0.249. The van der Waals surface area contributed by atoms with E-state index in [1.54, 1.807) is 12.4 Å². The van der Waals surface area contributed by atoms with Crippen molar-refractivity contribution in [2.24, 2.45) is 10.8 Å². The molecule has 0 saturated carbocycles. The Hall–Kier alpha value is -2.96. The molecule has 0 fully saturated rings. The standard InChI is InChI=1S/C14H16N6O/c1-9-4-3-5-11(6-9)18-13(19-20-14(15)21)12-8-16-10(2)7-17-12/h3-8H,1-2H3,(H,18,19)(H3,15,20,21). The molecule has 7 nitrogen and oxygen atoms in total. The molecule has 0 aliphatic heterocycles. The number of aryl methyl sites for hydroxylation is 2. The highest BCUT2D eigenvalue weighted by atomic mass is 16.2. The van der Waals surface area contributed by atoms with Crippen LogP contribution in [0.3, 0.4) is 0 Å². The molecule has 1 heterocycles. The van der Waals surface area contributed by atoms with Gasteiger partial charge in [0.05, 0.1) is 11.9 Å². The topological polar surface area (TPSA) is 105 Å². The normalized spacial score (nSPS) is 11.0. The molecule has 0 bridgehead atoms. The zero-order valence-corrected chi connectivity index (χ0v) is 11.8. The van der Waals surface area contributed by atoms with E-state index in [4.69, 9.17) is 5.73 Å². The summed E-state index contributed by atoms with van der Waals surface area (Å²) < 4.78 is 0. The van der Waals surface area contributed by atoms with Gasteiger partial charge in [-0.3, -0.25) is 4.98 Å². The van der Waals surface area contributed by atoms with Gasteiger partial charge in [0.15, 0.2) is 5.84 Å². The molecule has 1 aromatic heterocycles. The predicted octanol–water partition coefficient (Wildman–Crippen LogP) is 1.54. The Balaban J connectivity index is 2.30. The molecule has 2 aromatic rings. The second kappa shape index (κ2) is 6.47. The van der Waals surface area contributed by atoms with Crippen molar-refractivity contribution in [3.63, 3.8) is 0 Å². The summed E-state index contributed by atoms with van der Waals surface area (Å²) in [6.45, 7) is 3.82. The SMILES string of the molecule is Cc1cccc(NC(=NNC(N)=O)c2cnc(C)cn2)c1. The molecule has 7 heteroatoms. The van der Waals surface area contributed by atoms with Gasteiger partial charge in [-0.1, -0.05) is 12.1 Å². The van der Waals surface area contributed by atoms with E-state index in [-0.39, 0.29) is 0 Å². The van der Waals surface area contributed by atoms with E-state index >= 15 is 0 Å². The van der Waals surface area contributed by atoms with Crippen molar-refractivity contribution in [1.29, 1.82) is 0 Å². The molecule has 0 unspecified atom stereocenters. The van der Waals surface area contributed by atoms with E-state index in [0.29, 0.717) is 11.5 Å². The summed E-state index contributed by atoms with van der Waals surface area (Å²) in [5.74, 6) is 0.354. The highest BCUT2D eigenvalue weighted by Crippen LogP contribution is 2.11. The van der Waals surface area contributed by atoms with Crippen molar-refractivity contribution in [2.45, 2.75) is 13.8 Å². The largest absolute Gasteiger partial charge is 0.350 e. The number of hydrazone groups is 1. The third-order valence-electron chi connectivity index (χ3n) is 2.58. The molecule has 2 amide bonds. The predicted molar refractivity (Wildman–Crippen MR) is 80.8 cm³/mol. The zero-order valence-electron chi connectivity index (χ0n) is 11.8. The molecule has 0 radical (unpaired) electrons. The number of nitrogens with zero attached hydrogens (tertiary/aromatic N) is 3. The van der Waals surface area contributed by atoms with E-state index in [1.165, 1.54) is 0 Å². The van der Waals surface area contributed by atoms with Gasteiger partial charge < -0.3 is 11.1 Å². The van der Waals surface area contributed by atoms with E-state index < -0.39 is 6.03 Å². The maximum atomic E-state index is 10.8. The van der Waals surface area contributed by atoms with Crippen molar-refractivity contribution in [1.82, 2.24) is 15.4 Å². The Bertz CT molecular complexity index is 665. The lowest BCUT2D eigenvalue weighted by Gasteiger charge is -2.10. The summed E-state index contributed by atoms with van der Waals surface area (Å²) in [7, 11) is 0. The number of benzene rings is 1. The molecule has 0 saturated heterocycles. The van der Waals surface area contributed by atoms with Crippen LogP contribution in [0.2, 0.25) is 0 Å². The van der Waals surface area contributed by atoms with Crippen LogP contribution in [0.4, 0.5) is 10.5 Å². The average molecular weight is 284 g/mol. The first-order valence-electron chi connectivity index (χ1n) is 6.30. The Labute approximate surface area is 122 Å². The Morgan fingerprint density at radius 1 is 1.24 bits per heavy atom. The number of nitrogens with one attached hydrogen (secondary N) is 2. The first-order valence-corrected chi connectivity index (χ1v) is 6.30. The molecule has 4 N–H and O–H groups in total. The summed E-state index contributed by atoms with van der Waals surface area (Å²) >= 11 is 0. The van der Waals surface area contributed by atoms with Crippen LogP contribution in [0.5, 0.6) is 0 Å². The number of urea groups is 1. The average Bonchev–Trinajstić information content (AvgIpc) is 2.44. The first-order chi connectivity index (χ1) is 10.0. The number of carbonyl (C=O) groups excluding carboxylic acids is 1. The summed E-state index contributed by atoms with van der Waals surface area (Å²) in [4.78, 5) is 19.2. The monoisotopic (exact) mass is 284 g/mol. The number of hydrogen-bond donors (Lipinski definition) is 3. The van der Waals surface area contributed by atoms with Crippen LogP contribution < -0.4 is 16.5 Å². The molecule has 0 spiro atoms. The van der Waals surface area contributed by atoms with Crippen LogP contribution in [0.25, 0.3) is 0 Å². The summed E-state index contributed by atoms with van der Waals surface area (Å²) in [5, 5.41) is 7.01. The lowest BCUT2D eigenvalue weighted by Crippen LogP contribution is -2.28. The molecule has 108 valence electrons. The van der Waals surface area contributed by atoms with E-state index in [1.807, 2.05) is 38.1 Å². The van der Waals surface area contributed by atoms with Crippen molar-refractivity contribution in [3.05, 3.63) is 53.6 Å². The van der Waals surface area contributed by atoms with Gasteiger partial charge in [-0.25, -0.2) is 15.2 Å². The number of rotatable bonds is 3. The van der Waals surface area contributed by atoms with Gasteiger partial charge in [-0.2, -0.15) is 5.10 Å². The second-order valence-electron chi connectivity index (χ2n) is 4.47. The molecule has 0 aliphatic carbocycles. The fourth-order valence-electron chi connectivity index (χ4n) is 1.63.